The van der Waals surface area contributed by atoms with Crippen molar-refractivity contribution in [3.05, 3.63) is 37.4 Å². The lowest BCUT2D eigenvalue weighted by molar-refractivity contribution is -0.671. The third kappa shape index (κ3) is 20.4. The molecule has 0 aliphatic carbocycles. The van der Waals surface area contributed by atoms with Crippen LogP contribution in [-0.2, 0) is 27.2 Å². The highest BCUT2D eigenvalue weighted by Gasteiger charge is 2.00. The first-order chi connectivity index (χ1) is 15.7. The largest absolute Gasteiger partial charge is 1.00 e. The van der Waals surface area contributed by atoms with Crippen molar-refractivity contribution in [2.24, 2.45) is 14.1 Å². The van der Waals surface area contributed by atoms with E-state index in [1.54, 1.807) is 0 Å². The summed E-state index contributed by atoms with van der Waals surface area (Å²) in [5.41, 5.74) is 0. The number of halogens is 2. The maximum absolute atomic E-state index is 2.28. The Morgan fingerprint density at radius 1 is 0.471 bits per heavy atom. The normalized spacial score (nSPS) is 10.2. The van der Waals surface area contributed by atoms with Crippen molar-refractivity contribution in [3.8, 4) is 0 Å². The number of rotatable bonds is 18. The number of unbranched alkanes of at least 4 members (excludes halogenated alkanes) is 14. The highest BCUT2D eigenvalue weighted by atomic mass is 35.5. The summed E-state index contributed by atoms with van der Waals surface area (Å²) in [5.74, 6) is 0. The second-order valence-electron chi connectivity index (χ2n) is 9.58. The van der Waals surface area contributed by atoms with Crippen molar-refractivity contribution in [3.63, 3.8) is 0 Å². The van der Waals surface area contributed by atoms with Gasteiger partial charge in [0.15, 0.2) is 0 Å². The average Bonchev–Trinajstić information content (AvgIpc) is 3.40. The number of imidazole rings is 2. The first-order valence-electron chi connectivity index (χ1n) is 13.7. The third-order valence-electron chi connectivity index (χ3n) is 6.19. The minimum atomic E-state index is 0. The van der Waals surface area contributed by atoms with Gasteiger partial charge in [0, 0.05) is 0 Å². The van der Waals surface area contributed by atoms with Crippen LogP contribution in [0.1, 0.15) is 117 Å². The number of hydrogen-bond acceptors (Lipinski definition) is 0. The number of aromatic nitrogens is 4. The molecule has 0 radical (unpaired) electrons. The Morgan fingerprint density at radius 2 is 0.765 bits per heavy atom. The maximum atomic E-state index is 2.28. The highest BCUT2D eigenvalue weighted by Crippen LogP contribution is 2.10. The van der Waals surface area contributed by atoms with Gasteiger partial charge in [0.25, 0.3) is 0 Å². The van der Waals surface area contributed by atoms with Gasteiger partial charge in [-0.3, -0.25) is 0 Å². The second-order valence-corrected chi connectivity index (χ2v) is 9.58. The first kappa shape index (κ1) is 35.2. The van der Waals surface area contributed by atoms with Gasteiger partial charge in [-0.05, 0) is 25.7 Å². The zero-order valence-corrected chi connectivity index (χ0v) is 24.2. The molecule has 0 amide bonds. The smallest absolute Gasteiger partial charge is 0.243 e. The summed E-state index contributed by atoms with van der Waals surface area (Å²) in [5, 5.41) is 0. The van der Waals surface area contributed by atoms with E-state index in [2.05, 4.69) is 83.7 Å². The Bertz CT molecular complexity index is 654. The molecule has 0 spiro atoms. The monoisotopic (exact) mass is 516 g/mol. The summed E-state index contributed by atoms with van der Waals surface area (Å²) in [6.45, 7) is 6.90. The van der Waals surface area contributed by atoms with Crippen LogP contribution in [0.25, 0.3) is 0 Å². The molecule has 0 atom stereocenters. The van der Waals surface area contributed by atoms with Crippen molar-refractivity contribution in [1.29, 1.82) is 0 Å². The van der Waals surface area contributed by atoms with E-state index in [9.17, 15) is 0 Å². The van der Waals surface area contributed by atoms with E-state index < -0.39 is 0 Å². The molecule has 2 heterocycles. The molecule has 0 N–H and O–H groups in total. The first-order valence-corrected chi connectivity index (χ1v) is 13.7. The van der Waals surface area contributed by atoms with Crippen LogP contribution in [0.2, 0.25) is 0 Å². The Kier molecular flexibility index (Phi) is 26.0. The summed E-state index contributed by atoms with van der Waals surface area (Å²) < 4.78 is 8.75. The van der Waals surface area contributed by atoms with Crippen LogP contribution >= 0.6 is 0 Å². The zero-order valence-electron chi connectivity index (χ0n) is 22.7. The maximum Gasteiger partial charge on any atom is 0.243 e. The molecule has 0 aliphatic rings. The summed E-state index contributed by atoms with van der Waals surface area (Å²) >= 11 is 0. The number of aryl methyl sites for hydroxylation is 4. The van der Waals surface area contributed by atoms with E-state index in [0.717, 1.165) is 0 Å². The number of hydrogen-bond donors (Lipinski definition) is 0. The van der Waals surface area contributed by atoms with Gasteiger partial charge in [-0.15, -0.1) is 0 Å². The molecule has 2 aromatic heterocycles. The lowest BCUT2D eigenvalue weighted by atomic mass is 10.1. The Labute approximate surface area is 224 Å². The summed E-state index contributed by atoms with van der Waals surface area (Å²) in [6.07, 6.45) is 35.2. The van der Waals surface area contributed by atoms with Gasteiger partial charge in [-0.2, -0.15) is 0 Å². The van der Waals surface area contributed by atoms with Gasteiger partial charge in [0.05, 0.1) is 27.2 Å². The Balaban J connectivity index is 0. The molecule has 2 aromatic rings. The van der Waals surface area contributed by atoms with Crippen LogP contribution in [0.4, 0.5) is 0 Å². The van der Waals surface area contributed by atoms with Crippen LogP contribution < -0.4 is 33.9 Å². The number of nitrogens with zero attached hydrogens (tertiary/aromatic N) is 4. The van der Waals surface area contributed by atoms with E-state index in [1.807, 2.05) is 0 Å². The lowest BCUT2D eigenvalue weighted by Gasteiger charge is -2.01. The van der Waals surface area contributed by atoms with Crippen molar-refractivity contribution in [1.82, 2.24) is 9.13 Å². The van der Waals surface area contributed by atoms with E-state index in [1.165, 1.54) is 116 Å². The van der Waals surface area contributed by atoms with Gasteiger partial charge in [-0.25, -0.2) is 18.3 Å². The standard InChI is InChI=1S/C16H31N2.C12H23N2.2ClH/c1-3-4-5-6-7-8-9-10-11-12-13-18-15-14-17(2)16-18;1-3-4-5-6-7-8-9-14-11-10-13(2)12-14;;/h14-16H,3-13H2,1-2H3;10-12H,3-9H2,1-2H3;2*1H/q2*+1;;/p-2. The van der Waals surface area contributed by atoms with Gasteiger partial charge in [0.2, 0.25) is 12.7 Å². The van der Waals surface area contributed by atoms with Crippen LogP contribution in [0.3, 0.4) is 0 Å². The molecule has 0 aliphatic heterocycles. The quantitative estimate of drug-likeness (QED) is 0.207. The van der Waals surface area contributed by atoms with Crippen molar-refractivity contribution in [2.75, 3.05) is 0 Å². The van der Waals surface area contributed by atoms with E-state index in [4.69, 9.17) is 0 Å². The van der Waals surface area contributed by atoms with Crippen LogP contribution in [0.15, 0.2) is 37.4 Å². The summed E-state index contributed by atoms with van der Waals surface area (Å²) in [7, 11) is 4.15. The molecule has 0 saturated heterocycles. The minimum Gasteiger partial charge on any atom is -1.00 e. The Morgan fingerprint density at radius 3 is 1.03 bits per heavy atom. The van der Waals surface area contributed by atoms with Crippen molar-refractivity contribution < 1.29 is 33.9 Å². The zero-order chi connectivity index (χ0) is 23.3. The summed E-state index contributed by atoms with van der Waals surface area (Å²) in [6, 6.07) is 0. The predicted molar refractivity (Wildman–Crippen MR) is 136 cm³/mol. The molecular weight excluding hydrogens is 463 g/mol. The molecule has 0 unspecified atom stereocenters. The van der Waals surface area contributed by atoms with Crippen LogP contribution in [0.5, 0.6) is 0 Å². The SMILES string of the molecule is CCCCCCCCCCCCn1cc[n+](C)c1.CCCCCCCCn1cc[n+](C)c1.[Cl-].[Cl-]. The Hall–Kier alpha value is -1.00. The molecule has 0 saturated carbocycles. The van der Waals surface area contributed by atoms with Crippen molar-refractivity contribution >= 4 is 0 Å². The molecule has 4 nitrogen and oxygen atoms in total. The predicted octanol–water partition coefficient (Wildman–Crippen LogP) is 0.915. The molecule has 0 bridgehead atoms. The fourth-order valence-electron chi connectivity index (χ4n) is 4.12. The van der Waals surface area contributed by atoms with E-state index in [0.29, 0.717) is 0 Å². The third-order valence-corrected chi connectivity index (χ3v) is 6.19. The molecule has 0 aromatic carbocycles. The molecule has 2 rings (SSSR count). The minimum absolute atomic E-state index is 0. The van der Waals surface area contributed by atoms with Gasteiger partial charge in [-0.1, -0.05) is 90.9 Å². The van der Waals surface area contributed by atoms with Crippen LogP contribution in [0, 0.1) is 0 Å². The molecule has 0 fully saturated rings. The highest BCUT2D eigenvalue weighted by molar-refractivity contribution is 4.66. The summed E-state index contributed by atoms with van der Waals surface area (Å²) in [4.78, 5) is 0. The molecule has 34 heavy (non-hydrogen) atoms. The van der Waals surface area contributed by atoms with Gasteiger partial charge in [0.1, 0.15) is 24.8 Å². The lowest BCUT2D eigenvalue weighted by Crippen LogP contribution is -3.00. The second kappa shape index (κ2) is 25.1. The van der Waals surface area contributed by atoms with E-state index >= 15 is 0 Å². The topological polar surface area (TPSA) is 17.6 Å². The fourth-order valence-corrected chi connectivity index (χ4v) is 4.12. The fraction of sp³-hybridized carbons (Fsp3) is 0.786. The van der Waals surface area contributed by atoms with Gasteiger partial charge < -0.3 is 24.8 Å². The molecule has 200 valence electrons. The van der Waals surface area contributed by atoms with Gasteiger partial charge >= 0.3 is 0 Å². The van der Waals surface area contributed by atoms with Crippen molar-refractivity contribution in [2.45, 2.75) is 130 Å². The average molecular weight is 518 g/mol. The molecule has 6 heteroatoms. The van der Waals surface area contributed by atoms with Crippen LogP contribution in [-0.4, -0.2) is 9.13 Å². The van der Waals surface area contributed by atoms with E-state index in [-0.39, 0.29) is 24.8 Å². The molecular formula is C28H54Cl2N4.